The number of carbonyl (C=O) groups excluding carboxylic acids is 1. The van der Waals surface area contributed by atoms with E-state index in [0.717, 1.165) is 5.56 Å². The SMILES string of the molecule is COc1cccc([C@H]2CC(=O)Nc3nc(SCc4cccc(C)c4)[nH]c(=O)c32)c1OC. The maximum atomic E-state index is 13.1. The third-order valence-corrected chi connectivity index (χ3v) is 6.14. The first kappa shape index (κ1) is 21.0. The van der Waals surface area contributed by atoms with Crippen molar-refractivity contribution >= 4 is 23.5 Å². The Bertz CT molecular complexity index is 1190. The number of fused-ring (bicyclic) bond motifs is 1. The predicted octanol–water partition coefficient (Wildman–Crippen LogP) is 3.86. The minimum atomic E-state index is -0.485. The number of hydrogen-bond acceptors (Lipinski definition) is 6. The van der Waals surface area contributed by atoms with Gasteiger partial charge in [0.25, 0.3) is 5.56 Å². The molecule has 2 aromatic carbocycles. The largest absolute Gasteiger partial charge is 0.493 e. The zero-order valence-electron chi connectivity index (χ0n) is 17.5. The number of nitrogens with zero attached hydrogens (tertiary/aromatic N) is 1. The van der Waals surface area contributed by atoms with E-state index in [0.29, 0.717) is 39.4 Å². The molecule has 0 saturated heterocycles. The predicted molar refractivity (Wildman–Crippen MR) is 120 cm³/mol. The second kappa shape index (κ2) is 8.85. The van der Waals surface area contributed by atoms with E-state index in [-0.39, 0.29) is 17.9 Å². The number of nitrogens with one attached hydrogen (secondary N) is 2. The van der Waals surface area contributed by atoms with Gasteiger partial charge in [-0.1, -0.05) is 53.7 Å². The van der Waals surface area contributed by atoms with Gasteiger partial charge < -0.3 is 19.8 Å². The van der Waals surface area contributed by atoms with Crippen LogP contribution in [0.4, 0.5) is 5.82 Å². The van der Waals surface area contributed by atoms with Crippen LogP contribution in [-0.4, -0.2) is 30.1 Å². The lowest BCUT2D eigenvalue weighted by Crippen LogP contribution is -2.31. The van der Waals surface area contributed by atoms with Gasteiger partial charge in [0.05, 0.1) is 19.8 Å². The molecular formula is C23H23N3O4S. The summed E-state index contributed by atoms with van der Waals surface area (Å²) in [5.41, 5.74) is 3.17. The standard InChI is InChI=1S/C23H23N3O4S/c1-13-6-4-7-14(10-13)12-31-23-25-21-19(22(28)26-23)16(11-18(27)24-21)15-8-5-9-17(29-2)20(15)30-3/h4-10,16H,11-12H2,1-3H3,(H2,24,25,26,27,28)/t16-/m1/s1. The van der Waals surface area contributed by atoms with E-state index in [1.165, 1.54) is 17.3 Å². The maximum absolute atomic E-state index is 13.1. The monoisotopic (exact) mass is 437 g/mol. The summed E-state index contributed by atoms with van der Waals surface area (Å²) in [4.78, 5) is 32.9. The summed E-state index contributed by atoms with van der Waals surface area (Å²) in [6, 6.07) is 13.6. The van der Waals surface area contributed by atoms with Crippen molar-refractivity contribution in [3.63, 3.8) is 0 Å². The van der Waals surface area contributed by atoms with Crippen LogP contribution in [0.5, 0.6) is 11.5 Å². The minimum absolute atomic E-state index is 0.122. The Balaban J connectivity index is 1.70. The normalized spacial score (nSPS) is 15.2. The van der Waals surface area contributed by atoms with E-state index < -0.39 is 5.92 Å². The van der Waals surface area contributed by atoms with Gasteiger partial charge in [-0.05, 0) is 18.6 Å². The van der Waals surface area contributed by atoms with Crippen LogP contribution < -0.4 is 20.3 Å². The van der Waals surface area contributed by atoms with Crippen LogP contribution in [0.2, 0.25) is 0 Å². The van der Waals surface area contributed by atoms with Gasteiger partial charge in [-0.3, -0.25) is 9.59 Å². The topological polar surface area (TPSA) is 93.3 Å². The lowest BCUT2D eigenvalue weighted by Gasteiger charge is -2.26. The molecule has 0 unspecified atom stereocenters. The highest BCUT2D eigenvalue weighted by Crippen LogP contribution is 2.42. The van der Waals surface area contributed by atoms with Crippen molar-refractivity contribution in [2.45, 2.75) is 30.2 Å². The van der Waals surface area contributed by atoms with Crippen molar-refractivity contribution < 1.29 is 14.3 Å². The van der Waals surface area contributed by atoms with Gasteiger partial charge in [-0.2, -0.15) is 0 Å². The van der Waals surface area contributed by atoms with E-state index in [1.807, 2.05) is 37.3 Å². The smallest absolute Gasteiger partial charge is 0.257 e. The first-order valence-electron chi connectivity index (χ1n) is 9.83. The number of benzene rings is 2. The minimum Gasteiger partial charge on any atom is -0.493 e. The van der Waals surface area contributed by atoms with Crippen molar-refractivity contribution in [2.75, 3.05) is 19.5 Å². The molecule has 8 heteroatoms. The zero-order chi connectivity index (χ0) is 22.0. The number of carbonyl (C=O) groups is 1. The number of anilines is 1. The fourth-order valence-corrected chi connectivity index (χ4v) is 4.63. The third-order valence-electron chi connectivity index (χ3n) is 5.20. The Morgan fingerprint density at radius 2 is 1.94 bits per heavy atom. The van der Waals surface area contributed by atoms with Crippen LogP contribution in [-0.2, 0) is 10.5 Å². The molecule has 7 nitrogen and oxygen atoms in total. The van der Waals surface area contributed by atoms with Crippen LogP contribution in [0.1, 0.15) is 34.6 Å². The molecule has 2 N–H and O–H groups in total. The van der Waals surface area contributed by atoms with Crippen molar-refractivity contribution in [3.05, 3.63) is 75.1 Å². The van der Waals surface area contributed by atoms with Crippen molar-refractivity contribution in [1.29, 1.82) is 0 Å². The summed E-state index contributed by atoms with van der Waals surface area (Å²) in [5, 5.41) is 3.22. The number of H-pyrrole nitrogens is 1. The Hall–Kier alpha value is -3.26. The number of amides is 1. The molecule has 160 valence electrons. The van der Waals surface area contributed by atoms with Gasteiger partial charge in [0, 0.05) is 23.7 Å². The molecule has 1 aliphatic rings. The molecule has 2 heterocycles. The molecule has 1 atom stereocenters. The second-order valence-corrected chi connectivity index (χ2v) is 8.26. The summed E-state index contributed by atoms with van der Waals surface area (Å²) in [6.45, 7) is 2.04. The molecule has 0 aliphatic carbocycles. The van der Waals surface area contributed by atoms with E-state index >= 15 is 0 Å². The molecule has 31 heavy (non-hydrogen) atoms. The molecule has 1 aliphatic heterocycles. The summed E-state index contributed by atoms with van der Waals surface area (Å²) in [5.74, 6) is 1.32. The quantitative estimate of drug-likeness (QED) is 0.449. The summed E-state index contributed by atoms with van der Waals surface area (Å²) < 4.78 is 10.9. The Morgan fingerprint density at radius 3 is 2.68 bits per heavy atom. The molecule has 0 saturated carbocycles. The number of rotatable bonds is 6. The van der Waals surface area contributed by atoms with E-state index in [4.69, 9.17) is 9.47 Å². The highest BCUT2D eigenvalue weighted by molar-refractivity contribution is 7.98. The fraction of sp³-hybridized carbons (Fsp3) is 0.261. The third kappa shape index (κ3) is 4.29. The zero-order valence-corrected chi connectivity index (χ0v) is 18.3. The van der Waals surface area contributed by atoms with E-state index in [2.05, 4.69) is 21.4 Å². The van der Waals surface area contributed by atoms with Crippen LogP contribution in [0, 0.1) is 6.92 Å². The van der Waals surface area contributed by atoms with Crippen LogP contribution in [0.25, 0.3) is 0 Å². The van der Waals surface area contributed by atoms with Gasteiger partial charge in [-0.15, -0.1) is 0 Å². The first-order valence-corrected chi connectivity index (χ1v) is 10.8. The average Bonchev–Trinajstić information content (AvgIpc) is 2.76. The van der Waals surface area contributed by atoms with Gasteiger partial charge in [0.1, 0.15) is 5.82 Å². The van der Waals surface area contributed by atoms with Gasteiger partial charge in [0.15, 0.2) is 16.7 Å². The Morgan fingerprint density at radius 1 is 1.13 bits per heavy atom. The summed E-state index contributed by atoms with van der Waals surface area (Å²) in [7, 11) is 3.09. The molecule has 1 amide bonds. The Labute approximate surface area is 184 Å². The van der Waals surface area contributed by atoms with Crippen LogP contribution >= 0.6 is 11.8 Å². The second-order valence-electron chi connectivity index (χ2n) is 7.30. The van der Waals surface area contributed by atoms with E-state index in [1.54, 1.807) is 20.3 Å². The van der Waals surface area contributed by atoms with Gasteiger partial charge >= 0.3 is 0 Å². The number of aromatic nitrogens is 2. The van der Waals surface area contributed by atoms with Gasteiger partial charge in [0.2, 0.25) is 5.91 Å². The molecular weight excluding hydrogens is 414 g/mol. The van der Waals surface area contributed by atoms with E-state index in [9.17, 15) is 9.59 Å². The van der Waals surface area contributed by atoms with Crippen molar-refractivity contribution in [1.82, 2.24) is 9.97 Å². The average molecular weight is 438 g/mol. The van der Waals surface area contributed by atoms with Crippen molar-refractivity contribution in [2.24, 2.45) is 0 Å². The number of hydrogen-bond donors (Lipinski definition) is 2. The summed E-state index contributed by atoms with van der Waals surface area (Å²) >= 11 is 1.42. The number of aryl methyl sites for hydroxylation is 1. The molecule has 3 aromatic rings. The number of para-hydroxylation sites is 1. The summed E-state index contributed by atoms with van der Waals surface area (Å²) in [6.07, 6.45) is 0.122. The lowest BCUT2D eigenvalue weighted by molar-refractivity contribution is -0.116. The van der Waals surface area contributed by atoms with Crippen molar-refractivity contribution in [3.8, 4) is 11.5 Å². The highest BCUT2D eigenvalue weighted by Gasteiger charge is 2.33. The number of methoxy groups -OCH3 is 2. The van der Waals surface area contributed by atoms with Crippen LogP contribution in [0.15, 0.2) is 52.4 Å². The molecule has 1 aromatic heterocycles. The molecule has 4 rings (SSSR count). The molecule has 0 fully saturated rings. The first-order chi connectivity index (χ1) is 15.0. The van der Waals surface area contributed by atoms with Gasteiger partial charge in [-0.25, -0.2) is 4.98 Å². The fourth-order valence-electron chi connectivity index (χ4n) is 3.82. The lowest BCUT2D eigenvalue weighted by atomic mass is 9.86. The Kier molecular flexibility index (Phi) is 5.99. The maximum Gasteiger partial charge on any atom is 0.257 e. The molecule has 0 bridgehead atoms. The number of ether oxygens (including phenoxy) is 2. The highest BCUT2D eigenvalue weighted by atomic mass is 32.2. The number of aromatic amines is 1. The van der Waals surface area contributed by atoms with Crippen LogP contribution in [0.3, 0.4) is 0 Å². The molecule has 0 spiro atoms. The number of thioether (sulfide) groups is 1. The molecule has 0 radical (unpaired) electrons.